The predicted octanol–water partition coefficient (Wildman–Crippen LogP) is 3.70. The third-order valence-corrected chi connectivity index (χ3v) is 3.39. The molecular weight excluding hydrogens is 304 g/mol. The summed E-state index contributed by atoms with van der Waals surface area (Å²) in [4.78, 5) is 4.12. The van der Waals surface area contributed by atoms with Gasteiger partial charge in [-0.2, -0.15) is 0 Å². The number of aromatic nitrogens is 1. The molecule has 0 fully saturated rings. The average molecular weight is 321 g/mol. The lowest BCUT2D eigenvalue weighted by Gasteiger charge is -2.12. The Morgan fingerprint density at radius 3 is 2.89 bits per heavy atom. The lowest BCUT2D eigenvalue weighted by Crippen LogP contribution is -2.12. The first-order valence-electron chi connectivity index (χ1n) is 6.18. The van der Waals surface area contributed by atoms with Gasteiger partial charge in [-0.25, -0.2) is 0 Å². The van der Waals surface area contributed by atoms with Crippen LogP contribution in [0.5, 0.6) is 5.75 Å². The fourth-order valence-corrected chi connectivity index (χ4v) is 2.15. The van der Waals surface area contributed by atoms with Crippen molar-refractivity contribution in [3.8, 4) is 5.75 Å². The molecule has 19 heavy (non-hydrogen) atoms. The Hall–Kier alpha value is -1.39. The topological polar surface area (TPSA) is 34.1 Å². The van der Waals surface area contributed by atoms with Crippen LogP contribution < -0.4 is 10.1 Å². The highest BCUT2D eigenvalue weighted by molar-refractivity contribution is 9.10. The summed E-state index contributed by atoms with van der Waals surface area (Å²) in [5.41, 5.74) is 2.26. The molecule has 0 saturated carbocycles. The summed E-state index contributed by atoms with van der Waals surface area (Å²) in [5, 5.41) is 3.22. The van der Waals surface area contributed by atoms with Gasteiger partial charge in [0.2, 0.25) is 0 Å². The Bertz CT molecular complexity index is 545. The summed E-state index contributed by atoms with van der Waals surface area (Å²) in [7, 11) is 1.95. The molecule has 2 rings (SSSR count). The van der Waals surface area contributed by atoms with Crippen molar-refractivity contribution in [2.24, 2.45) is 0 Å². The van der Waals surface area contributed by atoms with E-state index >= 15 is 0 Å². The fraction of sp³-hybridized carbons (Fsp3) is 0.267. The van der Waals surface area contributed by atoms with E-state index in [1.807, 2.05) is 31.4 Å². The number of halogens is 1. The van der Waals surface area contributed by atoms with Crippen molar-refractivity contribution in [2.45, 2.75) is 19.6 Å². The van der Waals surface area contributed by atoms with E-state index in [9.17, 15) is 0 Å². The SMILES string of the molecule is CNC(C)c1cccc(OCc2cncc(Br)c2)c1. The molecular formula is C15H17BrN2O. The van der Waals surface area contributed by atoms with Crippen molar-refractivity contribution in [2.75, 3.05) is 7.05 Å². The van der Waals surface area contributed by atoms with Crippen molar-refractivity contribution >= 4 is 15.9 Å². The number of hydrogen-bond acceptors (Lipinski definition) is 3. The van der Waals surface area contributed by atoms with E-state index in [4.69, 9.17) is 4.74 Å². The van der Waals surface area contributed by atoms with Gasteiger partial charge in [0.15, 0.2) is 0 Å². The van der Waals surface area contributed by atoms with Gasteiger partial charge in [-0.15, -0.1) is 0 Å². The smallest absolute Gasteiger partial charge is 0.120 e. The lowest BCUT2D eigenvalue weighted by atomic mass is 10.1. The average Bonchev–Trinajstić information content (AvgIpc) is 2.45. The van der Waals surface area contributed by atoms with Gasteiger partial charge in [0.05, 0.1) is 0 Å². The first-order chi connectivity index (χ1) is 9.19. The van der Waals surface area contributed by atoms with Crippen LogP contribution in [0.4, 0.5) is 0 Å². The first kappa shape index (κ1) is 14.0. The van der Waals surface area contributed by atoms with Crippen molar-refractivity contribution in [1.82, 2.24) is 10.3 Å². The van der Waals surface area contributed by atoms with E-state index in [1.54, 1.807) is 6.20 Å². The molecule has 0 aliphatic heterocycles. The Morgan fingerprint density at radius 2 is 2.16 bits per heavy atom. The molecule has 0 radical (unpaired) electrons. The second kappa shape index (κ2) is 6.68. The molecule has 1 heterocycles. The Labute approximate surface area is 122 Å². The van der Waals surface area contributed by atoms with Crippen LogP contribution in [0.3, 0.4) is 0 Å². The zero-order chi connectivity index (χ0) is 13.7. The molecule has 100 valence electrons. The van der Waals surface area contributed by atoms with Crippen LogP contribution in [0.25, 0.3) is 0 Å². The first-order valence-corrected chi connectivity index (χ1v) is 6.98. The summed E-state index contributed by atoms with van der Waals surface area (Å²) in [6.07, 6.45) is 3.57. The number of hydrogen-bond donors (Lipinski definition) is 1. The van der Waals surface area contributed by atoms with Crippen molar-refractivity contribution in [3.05, 3.63) is 58.3 Å². The molecule has 1 N–H and O–H groups in total. The van der Waals surface area contributed by atoms with Gasteiger partial charge >= 0.3 is 0 Å². The van der Waals surface area contributed by atoms with Gasteiger partial charge in [0.25, 0.3) is 0 Å². The highest BCUT2D eigenvalue weighted by atomic mass is 79.9. The summed E-state index contributed by atoms with van der Waals surface area (Å²) in [6.45, 7) is 2.64. The fourth-order valence-electron chi connectivity index (χ4n) is 1.74. The molecule has 0 bridgehead atoms. The number of rotatable bonds is 5. The minimum Gasteiger partial charge on any atom is -0.489 e. The zero-order valence-corrected chi connectivity index (χ0v) is 12.6. The lowest BCUT2D eigenvalue weighted by molar-refractivity contribution is 0.305. The van der Waals surface area contributed by atoms with Gasteiger partial charge in [-0.05, 0) is 53.7 Å². The van der Waals surface area contributed by atoms with Gasteiger partial charge in [0, 0.05) is 28.5 Å². The summed E-state index contributed by atoms with van der Waals surface area (Å²) >= 11 is 3.40. The van der Waals surface area contributed by atoms with E-state index in [0.29, 0.717) is 12.6 Å². The third kappa shape index (κ3) is 4.04. The molecule has 4 heteroatoms. The zero-order valence-electron chi connectivity index (χ0n) is 11.1. The molecule has 1 aromatic carbocycles. The monoisotopic (exact) mass is 320 g/mol. The van der Waals surface area contributed by atoms with Crippen molar-refractivity contribution in [1.29, 1.82) is 0 Å². The van der Waals surface area contributed by atoms with Crippen LogP contribution in [0.2, 0.25) is 0 Å². The molecule has 0 aliphatic carbocycles. The molecule has 0 aliphatic rings. The van der Waals surface area contributed by atoms with Crippen LogP contribution in [0, 0.1) is 0 Å². The maximum absolute atomic E-state index is 5.79. The number of ether oxygens (including phenoxy) is 1. The van der Waals surface area contributed by atoms with E-state index in [1.165, 1.54) is 5.56 Å². The van der Waals surface area contributed by atoms with Crippen molar-refractivity contribution < 1.29 is 4.74 Å². The minimum absolute atomic E-state index is 0.316. The molecule has 0 saturated heterocycles. The number of benzene rings is 1. The number of nitrogens with zero attached hydrogens (tertiary/aromatic N) is 1. The molecule has 1 atom stereocenters. The molecule has 0 spiro atoms. The molecule has 1 unspecified atom stereocenters. The highest BCUT2D eigenvalue weighted by Gasteiger charge is 2.04. The standard InChI is InChI=1S/C15H17BrN2O/c1-11(17-2)13-4-3-5-15(7-13)19-10-12-6-14(16)9-18-8-12/h3-9,11,17H,10H2,1-2H3. The predicted molar refractivity (Wildman–Crippen MR) is 80.2 cm³/mol. The quantitative estimate of drug-likeness (QED) is 0.912. The normalized spacial score (nSPS) is 12.2. The van der Waals surface area contributed by atoms with Gasteiger partial charge in [-0.1, -0.05) is 12.1 Å². The second-order valence-electron chi connectivity index (χ2n) is 4.38. The van der Waals surface area contributed by atoms with Crippen molar-refractivity contribution in [3.63, 3.8) is 0 Å². The van der Waals surface area contributed by atoms with Gasteiger partial charge < -0.3 is 10.1 Å². The second-order valence-corrected chi connectivity index (χ2v) is 5.30. The highest BCUT2D eigenvalue weighted by Crippen LogP contribution is 2.20. The van der Waals surface area contributed by atoms with Crippen LogP contribution in [-0.4, -0.2) is 12.0 Å². The van der Waals surface area contributed by atoms with Gasteiger partial charge in [0.1, 0.15) is 12.4 Å². The van der Waals surface area contributed by atoms with E-state index in [-0.39, 0.29) is 0 Å². The summed E-state index contributed by atoms with van der Waals surface area (Å²) in [5.74, 6) is 0.875. The Balaban J connectivity index is 2.03. The summed E-state index contributed by atoms with van der Waals surface area (Å²) < 4.78 is 6.76. The number of nitrogens with one attached hydrogen (secondary N) is 1. The summed E-state index contributed by atoms with van der Waals surface area (Å²) in [6, 6.07) is 10.5. The van der Waals surface area contributed by atoms with Crippen LogP contribution in [0.15, 0.2) is 47.2 Å². The maximum Gasteiger partial charge on any atom is 0.120 e. The molecule has 0 amide bonds. The van der Waals surface area contributed by atoms with E-state index in [0.717, 1.165) is 15.8 Å². The maximum atomic E-state index is 5.79. The van der Waals surface area contributed by atoms with E-state index < -0.39 is 0 Å². The van der Waals surface area contributed by atoms with E-state index in [2.05, 4.69) is 45.3 Å². The molecule has 2 aromatic rings. The van der Waals surface area contributed by atoms with Crippen LogP contribution >= 0.6 is 15.9 Å². The van der Waals surface area contributed by atoms with Crippen LogP contribution in [0.1, 0.15) is 24.1 Å². The minimum atomic E-state index is 0.316. The molecule has 1 aromatic heterocycles. The Morgan fingerprint density at radius 1 is 1.32 bits per heavy atom. The van der Waals surface area contributed by atoms with Crippen LogP contribution in [-0.2, 0) is 6.61 Å². The number of pyridine rings is 1. The largest absolute Gasteiger partial charge is 0.489 e. The van der Waals surface area contributed by atoms with Gasteiger partial charge in [-0.3, -0.25) is 4.98 Å². The Kier molecular flexibility index (Phi) is 4.93. The third-order valence-electron chi connectivity index (χ3n) is 2.96. The molecule has 3 nitrogen and oxygen atoms in total.